The molecule has 1 aliphatic carbocycles. The maximum absolute atomic E-state index is 12.0. The molecule has 6 nitrogen and oxygen atoms in total. The fourth-order valence-electron chi connectivity index (χ4n) is 2.33. The second-order valence-electron chi connectivity index (χ2n) is 6.02. The molecule has 0 aromatic rings. The fourth-order valence-corrected chi connectivity index (χ4v) is 2.33. The Hall–Kier alpha value is -1.77. The van der Waals surface area contributed by atoms with Gasteiger partial charge in [-0.2, -0.15) is 5.26 Å². The quantitative estimate of drug-likeness (QED) is 0.770. The average Bonchev–Trinajstić information content (AvgIpc) is 2.34. The number of amides is 2. The normalized spacial score (nSPS) is 22.5. The first-order valence-electron chi connectivity index (χ1n) is 6.97. The van der Waals surface area contributed by atoms with Gasteiger partial charge in [0.1, 0.15) is 12.1 Å². The zero-order valence-corrected chi connectivity index (χ0v) is 12.4. The van der Waals surface area contributed by atoms with Crippen LogP contribution in [-0.2, 0) is 9.53 Å². The monoisotopic (exact) mass is 281 g/mol. The van der Waals surface area contributed by atoms with Gasteiger partial charge >= 0.3 is 6.09 Å². The Labute approximate surface area is 119 Å². The van der Waals surface area contributed by atoms with Crippen molar-refractivity contribution in [2.24, 2.45) is 5.92 Å². The number of hydrogen-bond acceptors (Lipinski definition) is 4. The van der Waals surface area contributed by atoms with Gasteiger partial charge in [0.15, 0.2) is 0 Å². The topological polar surface area (TPSA) is 91.2 Å². The van der Waals surface area contributed by atoms with E-state index in [1.807, 2.05) is 6.07 Å². The van der Waals surface area contributed by atoms with Crippen LogP contribution in [0.15, 0.2) is 0 Å². The van der Waals surface area contributed by atoms with Crippen LogP contribution in [0.1, 0.15) is 46.5 Å². The van der Waals surface area contributed by atoms with Gasteiger partial charge in [0.2, 0.25) is 5.91 Å². The number of ether oxygens (including phenoxy) is 1. The molecule has 2 atom stereocenters. The molecule has 2 N–H and O–H groups in total. The van der Waals surface area contributed by atoms with E-state index in [4.69, 9.17) is 10.00 Å². The Bertz CT molecular complexity index is 395. The van der Waals surface area contributed by atoms with Crippen LogP contribution < -0.4 is 10.6 Å². The second-order valence-corrected chi connectivity index (χ2v) is 6.02. The van der Waals surface area contributed by atoms with E-state index in [0.717, 1.165) is 25.7 Å². The summed E-state index contributed by atoms with van der Waals surface area (Å²) >= 11 is 0. The largest absolute Gasteiger partial charge is 0.444 e. The van der Waals surface area contributed by atoms with Crippen LogP contribution in [0.5, 0.6) is 0 Å². The summed E-state index contributed by atoms with van der Waals surface area (Å²) in [6, 6.07) is 1.66. The van der Waals surface area contributed by atoms with Gasteiger partial charge < -0.3 is 15.4 Å². The van der Waals surface area contributed by atoms with Crippen LogP contribution in [-0.4, -0.2) is 30.2 Å². The Morgan fingerprint density at radius 2 is 1.95 bits per heavy atom. The van der Waals surface area contributed by atoms with E-state index in [1.54, 1.807) is 20.8 Å². The minimum absolute atomic E-state index is 0.00547. The highest BCUT2D eigenvalue weighted by molar-refractivity contribution is 5.80. The summed E-state index contributed by atoms with van der Waals surface area (Å²) in [7, 11) is 0. The molecule has 6 heteroatoms. The lowest BCUT2D eigenvalue weighted by molar-refractivity contribution is -0.126. The third-order valence-electron chi connectivity index (χ3n) is 3.15. The van der Waals surface area contributed by atoms with Crippen LogP contribution in [0, 0.1) is 17.2 Å². The van der Waals surface area contributed by atoms with Crippen LogP contribution in [0.2, 0.25) is 0 Å². The number of hydrogen-bond donors (Lipinski definition) is 2. The molecule has 0 unspecified atom stereocenters. The summed E-state index contributed by atoms with van der Waals surface area (Å²) in [5, 5.41) is 13.8. The molecule has 112 valence electrons. The molecular formula is C14H23N3O3. The zero-order valence-electron chi connectivity index (χ0n) is 12.4. The van der Waals surface area contributed by atoms with Crippen molar-refractivity contribution in [3.63, 3.8) is 0 Å². The number of carbonyl (C=O) groups excluding carboxylic acids is 2. The van der Waals surface area contributed by atoms with Crippen molar-refractivity contribution in [1.29, 1.82) is 5.26 Å². The molecule has 1 rings (SSSR count). The maximum Gasteiger partial charge on any atom is 0.407 e. The predicted molar refractivity (Wildman–Crippen MR) is 73.7 cm³/mol. The summed E-state index contributed by atoms with van der Waals surface area (Å²) in [4.78, 5) is 23.8. The summed E-state index contributed by atoms with van der Waals surface area (Å²) in [6.07, 6.45) is 2.91. The molecule has 0 aromatic carbocycles. The average molecular weight is 281 g/mol. The minimum Gasteiger partial charge on any atom is -0.444 e. The number of nitrogens with zero attached hydrogens (tertiary/aromatic N) is 1. The van der Waals surface area contributed by atoms with Gasteiger partial charge in [-0.15, -0.1) is 0 Å². The van der Waals surface area contributed by atoms with Gasteiger partial charge in [-0.05, 0) is 33.6 Å². The number of carbonyl (C=O) groups is 2. The molecular weight excluding hydrogens is 258 g/mol. The van der Waals surface area contributed by atoms with Gasteiger partial charge in [0, 0.05) is 6.04 Å². The van der Waals surface area contributed by atoms with Crippen LogP contribution >= 0.6 is 0 Å². The highest BCUT2D eigenvalue weighted by Gasteiger charge is 2.32. The van der Waals surface area contributed by atoms with Crippen molar-refractivity contribution in [3.8, 4) is 6.07 Å². The lowest BCUT2D eigenvalue weighted by Crippen LogP contribution is -2.49. The molecule has 0 radical (unpaired) electrons. The number of alkyl carbamates (subject to hydrolysis) is 1. The van der Waals surface area contributed by atoms with Crippen molar-refractivity contribution < 1.29 is 14.3 Å². The Kier molecular flexibility index (Phi) is 5.81. The first kappa shape index (κ1) is 16.3. The van der Waals surface area contributed by atoms with Crippen LogP contribution in [0.3, 0.4) is 0 Å². The minimum atomic E-state index is -0.558. The predicted octanol–water partition coefficient (Wildman–Crippen LogP) is 1.71. The molecule has 2 amide bonds. The van der Waals surface area contributed by atoms with Crippen molar-refractivity contribution in [3.05, 3.63) is 0 Å². The van der Waals surface area contributed by atoms with Crippen molar-refractivity contribution in [2.75, 3.05) is 6.54 Å². The van der Waals surface area contributed by atoms with E-state index in [0.29, 0.717) is 0 Å². The molecule has 1 fully saturated rings. The summed E-state index contributed by atoms with van der Waals surface area (Å²) in [5.41, 5.74) is -0.558. The maximum atomic E-state index is 12.0. The van der Waals surface area contributed by atoms with Crippen molar-refractivity contribution in [2.45, 2.75) is 58.1 Å². The second kappa shape index (κ2) is 7.13. The van der Waals surface area contributed by atoms with E-state index in [-0.39, 0.29) is 24.4 Å². The molecule has 0 aromatic heterocycles. The SMILES string of the molecule is CC(C)(C)OC(=O)N[C@H]1CCCC[C@H]1C(=O)NCC#N. The number of nitrogens with one attached hydrogen (secondary N) is 2. The van der Waals surface area contributed by atoms with E-state index < -0.39 is 11.7 Å². The highest BCUT2D eigenvalue weighted by Crippen LogP contribution is 2.25. The standard InChI is InChI=1S/C14H23N3O3/c1-14(2,3)20-13(19)17-11-7-5-4-6-10(11)12(18)16-9-8-15/h10-11H,4-7,9H2,1-3H3,(H,16,18)(H,17,19)/t10-,11+/m1/s1. The lowest BCUT2D eigenvalue weighted by atomic mass is 9.84. The molecule has 0 aliphatic heterocycles. The number of rotatable bonds is 3. The van der Waals surface area contributed by atoms with Gasteiger partial charge in [0.25, 0.3) is 0 Å². The molecule has 0 spiro atoms. The molecule has 1 saturated carbocycles. The van der Waals surface area contributed by atoms with Gasteiger partial charge in [-0.3, -0.25) is 4.79 Å². The summed E-state index contributed by atoms with van der Waals surface area (Å²) < 4.78 is 5.22. The van der Waals surface area contributed by atoms with Crippen LogP contribution in [0.4, 0.5) is 4.79 Å². The van der Waals surface area contributed by atoms with Gasteiger partial charge in [-0.25, -0.2) is 4.79 Å². The highest BCUT2D eigenvalue weighted by atomic mass is 16.6. The smallest absolute Gasteiger partial charge is 0.407 e. The molecule has 20 heavy (non-hydrogen) atoms. The molecule has 0 bridgehead atoms. The number of nitriles is 1. The summed E-state index contributed by atoms with van der Waals surface area (Å²) in [6.45, 7) is 5.38. The van der Waals surface area contributed by atoms with Gasteiger partial charge in [-0.1, -0.05) is 12.8 Å². The third kappa shape index (κ3) is 5.47. The van der Waals surface area contributed by atoms with E-state index in [9.17, 15) is 9.59 Å². The Balaban J connectivity index is 2.58. The Morgan fingerprint density at radius 1 is 1.30 bits per heavy atom. The molecule has 0 saturated heterocycles. The molecule has 1 aliphatic rings. The van der Waals surface area contributed by atoms with E-state index in [1.165, 1.54) is 0 Å². The zero-order chi connectivity index (χ0) is 15.2. The van der Waals surface area contributed by atoms with Crippen molar-refractivity contribution >= 4 is 12.0 Å². The van der Waals surface area contributed by atoms with Gasteiger partial charge in [0.05, 0.1) is 12.0 Å². The first-order chi connectivity index (χ1) is 9.33. The van der Waals surface area contributed by atoms with E-state index in [2.05, 4.69) is 10.6 Å². The lowest BCUT2D eigenvalue weighted by Gasteiger charge is -2.31. The fraction of sp³-hybridized carbons (Fsp3) is 0.786. The van der Waals surface area contributed by atoms with E-state index >= 15 is 0 Å². The van der Waals surface area contributed by atoms with Crippen molar-refractivity contribution in [1.82, 2.24) is 10.6 Å². The molecule has 0 heterocycles. The Morgan fingerprint density at radius 3 is 2.55 bits per heavy atom. The van der Waals surface area contributed by atoms with Crippen LogP contribution in [0.25, 0.3) is 0 Å². The summed E-state index contributed by atoms with van der Waals surface area (Å²) in [5.74, 6) is -0.461. The first-order valence-corrected chi connectivity index (χ1v) is 6.97. The third-order valence-corrected chi connectivity index (χ3v) is 3.15.